The number of benzene rings is 3. The van der Waals surface area contributed by atoms with Gasteiger partial charge in [-0.15, -0.1) is 0 Å². The summed E-state index contributed by atoms with van der Waals surface area (Å²) in [6.45, 7) is 2.00. The summed E-state index contributed by atoms with van der Waals surface area (Å²) >= 11 is 0. The van der Waals surface area contributed by atoms with E-state index in [0.29, 0.717) is 0 Å². The van der Waals surface area contributed by atoms with Crippen molar-refractivity contribution >= 4 is 15.8 Å². The first-order valence-electron chi connectivity index (χ1n) is 9.09. The van der Waals surface area contributed by atoms with Crippen molar-refractivity contribution in [3.8, 4) is 11.1 Å². The molecule has 0 amide bonds. The number of aryl methyl sites for hydroxylation is 1. The number of carbonyl (C=O) groups is 1. The predicted molar refractivity (Wildman–Crippen MR) is 108 cm³/mol. The Bertz CT molecular complexity index is 1090. The van der Waals surface area contributed by atoms with Crippen LogP contribution in [0.2, 0.25) is 0 Å². The minimum Gasteiger partial charge on any atom is -0.464 e. The summed E-state index contributed by atoms with van der Waals surface area (Å²) in [5.74, 6) is -1.48. The van der Waals surface area contributed by atoms with Crippen molar-refractivity contribution in [3.05, 3.63) is 89.5 Å². The van der Waals surface area contributed by atoms with Crippen molar-refractivity contribution in [1.29, 1.82) is 0 Å². The highest BCUT2D eigenvalue weighted by Crippen LogP contribution is 2.44. The van der Waals surface area contributed by atoms with Gasteiger partial charge in [-0.05, 0) is 41.3 Å². The fourth-order valence-electron chi connectivity index (χ4n) is 3.64. The molecule has 0 aromatic heterocycles. The molecule has 142 valence electrons. The molecule has 4 nitrogen and oxygen atoms in total. The Kier molecular flexibility index (Phi) is 4.77. The van der Waals surface area contributed by atoms with Crippen molar-refractivity contribution in [3.63, 3.8) is 0 Å². The molecule has 28 heavy (non-hydrogen) atoms. The summed E-state index contributed by atoms with van der Waals surface area (Å²) in [5, 5.41) is 0. The van der Waals surface area contributed by atoms with E-state index in [9.17, 15) is 13.2 Å². The van der Waals surface area contributed by atoms with E-state index in [4.69, 9.17) is 4.74 Å². The van der Waals surface area contributed by atoms with Crippen molar-refractivity contribution < 1.29 is 17.9 Å². The maximum Gasteiger partial charge on any atom is 0.321 e. The number of carbonyl (C=O) groups excluding carboxylic acids is 1. The third-order valence-electron chi connectivity index (χ3n) is 5.06. The highest BCUT2D eigenvalue weighted by molar-refractivity contribution is 7.92. The van der Waals surface area contributed by atoms with Crippen LogP contribution in [-0.2, 0) is 19.4 Å². The average Bonchev–Trinajstić information content (AvgIpc) is 3.00. The fourth-order valence-corrected chi connectivity index (χ4v) is 4.75. The molecule has 0 spiro atoms. The Morgan fingerprint density at radius 2 is 1.39 bits per heavy atom. The van der Waals surface area contributed by atoms with Crippen LogP contribution in [0.15, 0.2) is 77.7 Å². The predicted octanol–water partition coefficient (Wildman–Crippen LogP) is 4.12. The number of esters is 1. The van der Waals surface area contributed by atoms with Gasteiger partial charge in [0.25, 0.3) is 0 Å². The Labute approximate surface area is 164 Å². The van der Waals surface area contributed by atoms with Crippen LogP contribution < -0.4 is 0 Å². The van der Waals surface area contributed by atoms with E-state index >= 15 is 0 Å². The van der Waals surface area contributed by atoms with Gasteiger partial charge in [0.05, 0.1) is 4.90 Å². The molecule has 3 aromatic rings. The number of hydrogen-bond acceptors (Lipinski definition) is 4. The summed E-state index contributed by atoms with van der Waals surface area (Å²) < 4.78 is 30.3. The van der Waals surface area contributed by atoms with Gasteiger partial charge in [-0.1, -0.05) is 66.2 Å². The van der Waals surface area contributed by atoms with E-state index < -0.39 is 21.6 Å². The van der Waals surface area contributed by atoms with E-state index in [1.165, 1.54) is 12.1 Å². The van der Waals surface area contributed by atoms with Gasteiger partial charge in [0.2, 0.25) is 0 Å². The fraction of sp³-hybridized carbons (Fsp3) is 0.174. The van der Waals surface area contributed by atoms with Crippen LogP contribution in [0, 0.1) is 6.92 Å². The zero-order valence-electron chi connectivity index (χ0n) is 15.5. The third kappa shape index (κ3) is 3.45. The van der Waals surface area contributed by atoms with Gasteiger partial charge in [0.1, 0.15) is 6.61 Å². The molecule has 0 heterocycles. The second-order valence-electron chi connectivity index (χ2n) is 6.98. The van der Waals surface area contributed by atoms with Crippen LogP contribution in [0.4, 0.5) is 0 Å². The van der Waals surface area contributed by atoms with Crippen LogP contribution in [0.5, 0.6) is 0 Å². The smallest absolute Gasteiger partial charge is 0.321 e. The topological polar surface area (TPSA) is 60.4 Å². The number of rotatable bonds is 5. The molecule has 0 radical (unpaired) electrons. The first-order valence-corrected chi connectivity index (χ1v) is 10.7. The monoisotopic (exact) mass is 392 g/mol. The zero-order valence-corrected chi connectivity index (χ0v) is 16.3. The molecule has 0 aliphatic heterocycles. The van der Waals surface area contributed by atoms with Gasteiger partial charge in [0, 0.05) is 5.92 Å². The van der Waals surface area contributed by atoms with E-state index in [1.807, 2.05) is 43.3 Å². The largest absolute Gasteiger partial charge is 0.464 e. The van der Waals surface area contributed by atoms with Crippen molar-refractivity contribution in [2.24, 2.45) is 0 Å². The van der Waals surface area contributed by atoms with E-state index in [1.54, 1.807) is 12.1 Å². The third-order valence-corrected chi connectivity index (χ3v) is 6.67. The second-order valence-corrected chi connectivity index (χ2v) is 8.97. The van der Waals surface area contributed by atoms with Gasteiger partial charge in [-0.2, -0.15) is 0 Å². The maximum atomic E-state index is 12.4. The Morgan fingerprint density at radius 1 is 0.857 bits per heavy atom. The first-order chi connectivity index (χ1) is 13.5. The number of ether oxygens (including phenoxy) is 1. The van der Waals surface area contributed by atoms with E-state index in [0.717, 1.165) is 27.8 Å². The molecule has 0 atom stereocenters. The quantitative estimate of drug-likeness (QED) is 0.613. The molecule has 1 aliphatic rings. The number of sulfone groups is 1. The summed E-state index contributed by atoms with van der Waals surface area (Å²) in [5.41, 5.74) is 5.41. The van der Waals surface area contributed by atoms with E-state index in [2.05, 4.69) is 12.1 Å². The second kappa shape index (κ2) is 7.24. The van der Waals surface area contributed by atoms with Gasteiger partial charge in [-0.3, -0.25) is 4.79 Å². The van der Waals surface area contributed by atoms with Crippen LogP contribution in [0.1, 0.15) is 22.6 Å². The SMILES string of the molecule is Cc1ccc(S(=O)(=O)CC(=O)OCC2c3ccccc3-c3ccccc32)cc1. The highest BCUT2D eigenvalue weighted by Gasteiger charge is 2.29. The lowest BCUT2D eigenvalue weighted by molar-refractivity contribution is -0.140. The molecule has 1 aliphatic carbocycles. The van der Waals surface area contributed by atoms with E-state index in [-0.39, 0.29) is 17.4 Å². The lowest BCUT2D eigenvalue weighted by Gasteiger charge is -2.14. The van der Waals surface area contributed by atoms with Crippen LogP contribution >= 0.6 is 0 Å². The Balaban J connectivity index is 1.49. The molecule has 0 saturated heterocycles. The zero-order chi connectivity index (χ0) is 19.7. The molecule has 0 bridgehead atoms. The number of hydrogen-bond donors (Lipinski definition) is 0. The summed E-state index contributed by atoms with van der Waals surface area (Å²) in [6.07, 6.45) is 0. The molecule has 0 saturated carbocycles. The van der Waals surface area contributed by atoms with Gasteiger partial charge in [0.15, 0.2) is 15.6 Å². The Hall–Kier alpha value is -2.92. The lowest BCUT2D eigenvalue weighted by Crippen LogP contribution is -2.21. The molecule has 0 N–H and O–H groups in total. The van der Waals surface area contributed by atoms with Crippen LogP contribution in [-0.4, -0.2) is 26.7 Å². The molecule has 0 fully saturated rings. The van der Waals surface area contributed by atoms with Crippen molar-refractivity contribution in [1.82, 2.24) is 0 Å². The highest BCUT2D eigenvalue weighted by atomic mass is 32.2. The minimum absolute atomic E-state index is 0.0848. The number of fused-ring (bicyclic) bond motifs is 3. The molecule has 5 heteroatoms. The summed E-state index contributed by atoms with van der Waals surface area (Å²) in [4.78, 5) is 12.4. The van der Waals surface area contributed by atoms with Gasteiger partial charge < -0.3 is 4.74 Å². The molecule has 0 unspecified atom stereocenters. The molecular weight excluding hydrogens is 372 g/mol. The normalized spacial score (nSPS) is 13.0. The summed E-state index contributed by atoms with van der Waals surface area (Å²) in [7, 11) is -3.72. The minimum atomic E-state index is -3.72. The van der Waals surface area contributed by atoms with Crippen molar-refractivity contribution in [2.75, 3.05) is 12.4 Å². The first kappa shape index (κ1) is 18.4. The summed E-state index contributed by atoms with van der Waals surface area (Å²) in [6, 6.07) is 22.5. The molecule has 3 aromatic carbocycles. The maximum absolute atomic E-state index is 12.4. The lowest BCUT2D eigenvalue weighted by atomic mass is 9.98. The standard InChI is InChI=1S/C23H20O4S/c1-16-10-12-17(13-11-16)28(25,26)15-23(24)27-14-22-20-8-4-2-6-18(20)19-7-3-5-9-21(19)22/h2-13,22H,14-15H2,1H3. The van der Waals surface area contributed by atoms with Crippen molar-refractivity contribution in [2.45, 2.75) is 17.7 Å². The Morgan fingerprint density at radius 3 is 1.96 bits per heavy atom. The van der Waals surface area contributed by atoms with Gasteiger partial charge >= 0.3 is 5.97 Å². The molecule has 4 rings (SSSR count). The van der Waals surface area contributed by atoms with Crippen LogP contribution in [0.3, 0.4) is 0 Å². The van der Waals surface area contributed by atoms with Crippen LogP contribution in [0.25, 0.3) is 11.1 Å². The average molecular weight is 392 g/mol. The molecular formula is C23H20O4S. The van der Waals surface area contributed by atoms with Gasteiger partial charge in [-0.25, -0.2) is 8.42 Å².